The fraction of sp³-hybridized carbons (Fsp3) is 0.600. The molecule has 2 unspecified atom stereocenters. The van der Waals surface area contributed by atoms with Gasteiger partial charge >= 0.3 is 6.09 Å². The highest BCUT2D eigenvalue weighted by molar-refractivity contribution is 6.42. The van der Waals surface area contributed by atoms with Crippen molar-refractivity contribution in [3.63, 3.8) is 0 Å². The van der Waals surface area contributed by atoms with Gasteiger partial charge in [0.05, 0.1) is 22.0 Å². The van der Waals surface area contributed by atoms with E-state index in [1.807, 2.05) is 19.9 Å². The first-order chi connectivity index (χ1) is 12.4. The lowest BCUT2D eigenvalue weighted by atomic mass is 9.86. The monoisotopic (exact) mass is 397 g/mol. The van der Waals surface area contributed by atoms with Crippen LogP contribution < -0.4 is 0 Å². The van der Waals surface area contributed by atoms with Crippen LogP contribution in [-0.2, 0) is 9.53 Å². The molecule has 0 aromatic heterocycles. The Hall–Kier alpha value is -1.26. The molecule has 1 aliphatic carbocycles. The van der Waals surface area contributed by atoms with Crippen LogP contribution in [0.4, 0.5) is 4.79 Å². The van der Waals surface area contributed by atoms with E-state index < -0.39 is 12.0 Å². The topological polar surface area (TPSA) is 46.6 Å². The minimum atomic E-state index is -0.553. The summed E-state index contributed by atoms with van der Waals surface area (Å²) in [4.78, 5) is 27.0. The molecular formula is C20H25Cl2NO3. The van der Waals surface area contributed by atoms with Gasteiger partial charge in [0.25, 0.3) is 0 Å². The van der Waals surface area contributed by atoms with Crippen LogP contribution in [0.1, 0.15) is 57.4 Å². The highest BCUT2D eigenvalue weighted by Crippen LogP contribution is 2.40. The summed E-state index contributed by atoms with van der Waals surface area (Å²) < 4.78 is 5.18. The van der Waals surface area contributed by atoms with E-state index in [-0.39, 0.29) is 24.5 Å². The van der Waals surface area contributed by atoms with E-state index in [0.717, 1.165) is 12.8 Å². The lowest BCUT2D eigenvalue weighted by Gasteiger charge is -2.29. The number of ether oxygens (including phenoxy) is 1. The summed E-state index contributed by atoms with van der Waals surface area (Å²) in [6.07, 6.45) is 4.74. The normalized spacial score (nSPS) is 22.1. The third-order valence-electron chi connectivity index (χ3n) is 5.61. The smallest absolute Gasteiger partial charge is 0.417 e. The first-order valence-corrected chi connectivity index (χ1v) is 10.1. The molecule has 1 aromatic rings. The molecule has 6 heteroatoms. The highest BCUT2D eigenvalue weighted by Gasteiger charge is 2.43. The Morgan fingerprint density at radius 1 is 1.27 bits per heavy atom. The van der Waals surface area contributed by atoms with Gasteiger partial charge in [-0.05, 0) is 29.9 Å². The molecule has 3 rings (SSSR count). The average molecular weight is 398 g/mol. The molecule has 1 heterocycles. The Labute approximate surface area is 164 Å². The molecule has 0 radical (unpaired) electrons. The van der Waals surface area contributed by atoms with Crippen LogP contribution in [0.25, 0.3) is 0 Å². The number of benzene rings is 1. The molecule has 4 nitrogen and oxygen atoms in total. The van der Waals surface area contributed by atoms with Gasteiger partial charge < -0.3 is 4.74 Å². The number of hydrogen-bond donors (Lipinski definition) is 0. The van der Waals surface area contributed by atoms with Crippen molar-refractivity contribution in [3.8, 4) is 0 Å². The molecule has 2 atom stereocenters. The van der Waals surface area contributed by atoms with E-state index in [2.05, 4.69) is 0 Å². The Bertz CT molecular complexity index is 686. The minimum absolute atomic E-state index is 0.132. The summed E-state index contributed by atoms with van der Waals surface area (Å²) in [6, 6.07) is 5.13. The van der Waals surface area contributed by atoms with E-state index in [4.69, 9.17) is 27.9 Å². The van der Waals surface area contributed by atoms with Crippen LogP contribution in [0, 0.1) is 11.8 Å². The predicted molar refractivity (Wildman–Crippen MR) is 103 cm³/mol. The first-order valence-electron chi connectivity index (χ1n) is 9.34. The molecule has 2 amide bonds. The second kappa shape index (κ2) is 8.18. The van der Waals surface area contributed by atoms with Crippen LogP contribution in [0.5, 0.6) is 0 Å². The number of amides is 2. The number of cyclic esters (lactones) is 1. The van der Waals surface area contributed by atoms with Crippen molar-refractivity contribution in [2.45, 2.75) is 57.9 Å². The third-order valence-corrected chi connectivity index (χ3v) is 6.45. The van der Waals surface area contributed by atoms with Crippen LogP contribution in [0.15, 0.2) is 18.2 Å². The summed E-state index contributed by atoms with van der Waals surface area (Å²) in [5.74, 6) is -0.0963. The average Bonchev–Trinajstić information content (AvgIpc) is 3.24. The number of carbonyl (C=O) groups is 2. The van der Waals surface area contributed by atoms with Crippen molar-refractivity contribution in [1.82, 2.24) is 4.90 Å². The molecule has 2 aliphatic rings. The Morgan fingerprint density at radius 2 is 1.96 bits per heavy atom. The number of nitrogens with zero attached hydrogens (tertiary/aromatic N) is 1. The molecule has 1 aliphatic heterocycles. The first kappa shape index (κ1) is 19.5. The molecule has 0 N–H and O–H groups in total. The van der Waals surface area contributed by atoms with Gasteiger partial charge in [0.1, 0.15) is 6.61 Å². The van der Waals surface area contributed by atoms with Crippen LogP contribution >= 0.6 is 23.2 Å². The quantitative estimate of drug-likeness (QED) is 0.643. The zero-order chi connectivity index (χ0) is 18.8. The van der Waals surface area contributed by atoms with Gasteiger partial charge in [0.2, 0.25) is 5.91 Å². The largest absolute Gasteiger partial charge is 0.447 e. The van der Waals surface area contributed by atoms with Gasteiger partial charge in [-0.2, -0.15) is 0 Å². The second-order valence-corrected chi connectivity index (χ2v) is 8.46. The lowest BCUT2D eigenvalue weighted by Crippen LogP contribution is -2.44. The molecule has 0 bridgehead atoms. The van der Waals surface area contributed by atoms with Crippen LogP contribution in [0.3, 0.4) is 0 Å². The van der Waals surface area contributed by atoms with Crippen molar-refractivity contribution in [1.29, 1.82) is 0 Å². The maximum atomic E-state index is 13.4. The zero-order valence-electron chi connectivity index (χ0n) is 15.2. The van der Waals surface area contributed by atoms with E-state index in [1.165, 1.54) is 17.7 Å². The van der Waals surface area contributed by atoms with Gasteiger partial charge in [0.15, 0.2) is 0 Å². The molecular weight excluding hydrogens is 373 g/mol. The molecule has 0 spiro atoms. The fourth-order valence-electron chi connectivity index (χ4n) is 4.08. The maximum absolute atomic E-state index is 13.4. The summed E-state index contributed by atoms with van der Waals surface area (Å²) >= 11 is 12.6. The third kappa shape index (κ3) is 3.86. The molecule has 1 aromatic carbocycles. The number of hydrogen-bond acceptors (Lipinski definition) is 3. The summed E-state index contributed by atoms with van der Waals surface area (Å²) in [7, 11) is 0. The number of halogens is 2. The summed E-state index contributed by atoms with van der Waals surface area (Å²) in [5.41, 5.74) is 0.707. The molecule has 1 saturated heterocycles. The Kier molecular flexibility index (Phi) is 6.13. The Balaban J connectivity index is 1.95. The number of carbonyl (C=O) groups excluding carboxylic acids is 2. The van der Waals surface area contributed by atoms with Gasteiger partial charge in [-0.15, -0.1) is 0 Å². The van der Waals surface area contributed by atoms with Crippen molar-refractivity contribution < 1.29 is 14.3 Å². The standard InChI is InChI=1S/C20H25Cl2NO3/c1-12(2)17-11-26-20(25)23(17)19(24)15(10-13-6-3-4-7-13)14-8-5-9-16(21)18(14)22/h5,8-9,12-13,15,17H,3-4,6-7,10-11H2,1-2H3. The summed E-state index contributed by atoms with van der Waals surface area (Å²) in [5, 5.41) is 0.831. The lowest BCUT2D eigenvalue weighted by molar-refractivity contribution is -0.131. The minimum Gasteiger partial charge on any atom is -0.447 e. The molecule has 142 valence electrons. The second-order valence-electron chi connectivity index (χ2n) is 7.68. The summed E-state index contributed by atoms with van der Waals surface area (Å²) in [6.45, 7) is 4.23. The predicted octanol–water partition coefficient (Wildman–Crippen LogP) is 5.66. The van der Waals surface area contributed by atoms with Gasteiger partial charge in [-0.1, -0.05) is 74.9 Å². The fourth-order valence-corrected chi connectivity index (χ4v) is 4.52. The van der Waals surface area contributed by atoms with E-state index in [9.17, 15) is 9.59 Å². The molecule has 1 saturated carbocycles. The van der Waals surface area contributed by atoms with Crippen molar-refractivity contribution in [3.05, 3.63) is 33.8 Å². The maximum Gasteiger partial charge on any atom is 0.417 e. The van der Waals surface area contributed by atoms with Gasteiger partial charge in [0, 0.05) is 0 Å². The SMILES string of the molecule is CC(C)C1COC(=O)N1C(=O)C(CC1CCCC1)c1cccc(Cl)c1Cl. The zero-order valence-corrected chi connectivity index (χ0v) is 16.7. The van der Waals surface area contributed by atoms with Crippen molar-refractivity contribution in [2.24, 2.45) is 11.8 Å². The van der Waals surface area contributed by atoms with Crippen molar-refractivity contribution in [2.75, 3.05) is 6.61 Å². The van der Waals surface area contributed by atoms with E-state index >= 15 is 0 Å². The van der Waals surface area contributed by atoms with E-state index in [0.29, 0.717) is 27.9 Å². The number of rotatable bonds is 5. The molecule has 2 fully saturated rings. The number of imide groups is 1. The van der Waals surface area contributed by atoms with Gasteiger partial charge in [-0.25, -0.2) is 9.69 Å². The van der Waals surface area contributed by atoms with Crippen molar-refractivity contribution >= 4 is 35.2 Å². The van der Waals surface area contributed by atoms with E-state index in [1.54, 1.807) is 12.1 Å². The molecule has 26 heavy (non-hydrogen) atoms. The highest BCUT2D eigenvalue weighted by atomic mass is 35.5. The Morgan fingerprint density at radius 3 is 2.62 bits per heavy atom. The van der Waals surface area contributed by atoms with Crippen LogP contribution in [0.2, 0.25) is 10.0 Å². The van der Waals surface area contributed by atoms with Crippen LogP contribution in [-0.4, -0.2) is 29.5 Å². The van der Waals surface area contributed by atoms with Gasteiger partial charge in [-0.3, -0.25) is 4.79 Å².